The molecule has 6 heteroatoms. The number of nitrogens with zero attached hydrogens (tertiary/aromatic N) is 1. The molecule has 1 N–H and O–H groups in total. The average Bonchev–Trinajstić information content (AvgIpc) is 2.69. The van der Waals surface area contributed by atoms with Crippen LogP contribution in [0.5, 0.6) is 5.75 Å². The van der Waals surface area contributed by atoms with E-state index in [1.807, 2.05) is 76.2 Å². The van der Waals surface area contributed by atoms with Gasteiger partial charge in [-0.25, -0.2) is 0 Å². The predicted molar refractivity (Wildman–Crippen MR) is 128 cm³/mol. The first kappa shape index (κ1) is 24.9. The summed E-state index contributed by atoms with van der Waals surface area (Å²) in [5, 5.41) is 2.98. The Labute approximate surface area is 194 Å². The van der Waals surface area contributed by atoms with E-state index in [9.17, 15) is 9.59 Å². The Morgan fingerprint density at radius 1 is 1.13 bits per heavy atom. The van der Waals surface area contributed by atoms with Gasteiger partial charge in [-0.3, -0.25) is 9.59 Å². The number of rotatable bonds is 9. The molecule has 0 heterocycles. The molecule has 5 nitrogen and oxygen atoms in total. The molecule has 0 fully saturated rings. The van der Waals surface area contributed by atoms with Gasteiger partial charge >= 0.3 is 0 Å². The van der Waals surface area contributed by atoms with Gasteiger partial charge in [0.25, 0.3) is 0 Å². The molecule has 2 aromatic rings. The van der Waals surface area contributed by atoms with Crippen LogP contribution in [0.4, 0.5) is 0 Å². The number of carbonyl (C=O) groups is 2. The van der Waals surface area contributed by atoms with Gasteiger partial charge in [-0.2, -0.15) is 0 Å². The van der Waals surface area contributed by atoms with Crippen LogP contribution in [0.3, 0.4) is 0 Å². The van der Waals surface area contributed by atoms with E-state index in [1.54, 1.807) is 11.8 Å². The average molecular weight is 489 g/mol. The van der Waals surface area contributed by atoms with Crippen molar-refractivity contribution in [1.82, 2.24) is 10.2 Å². The van der Waals surface area contributed by atoms with Gasteiger partial charge in [-0.1, -0.05) is 45.8 Å². The minimum Gasteiger partial charge on any atom is -0.494 e. The number of amides is 2. The number of carbonyl (C=O) groups excluding carboxylic acids is 2. The molecular formula is C25H33BrN2O3. The second kappa shape index (κ2) is 11.3. The van der Waals surface area contributed by atoms with E-state index in [2.05, 4.69) is 21.2 Å². The standard InChI is InChI=1S/C25H33BrN2O3/c1-18-11-13-22(14-12-18)31-15-7-10-23(29)28(17-20-8-6-9-21(26)16-20)19(2)24(30)27-25(3,4)5/h6,8-9,11-14,16,19H,7,10,15,17H2,1-5H3,(H,27,30)/t19-/m1/s1. The minimum absolute atomic E-state index is 0.0657. The van der Waals surface area contributed by atoms with E-state index in [0.29, 0.717) is 26.0 Å². The van der Waals surface area contributed by atoms with Gasteiger partial charge in [0.2, 0.25) is 11.8 Å². The number of benzene rings is 2. The van der Waals surface area contributed by atoms with Crippen LogP contribution < -0.4 is 10.1 Å². The van der Waals surface area contributed by atoms with Crippen LogP contribution in [-0.4, -0.2) is 34.9 Å². The van der Waals surface area contributed by atoms with E-state index >= 15 is 0 Å². The number of nitrogens with one attached hydrogen (secondary N) is 1. The molecule has 1 atom stereocenters. The maximum atomic E-state index is 13.1. The zero-order valence-corrected chi connectivity index (χ0v) is 20.7. The Balaban J connectivity index is 2.02. The molecule has 0 aliphatic heterocycles. The second-order valence-corrected chi connectivity index (χ2v) is 9.75. The fourth-order valence-electron chi connectivity index (χ4n) is 3.08. The Kier molecular flexibility index (Phi) is 9.11. The van der Waals surface area contributed by atoms with E-state index in [4.69, 9.17) is 4.74 Å². The molecule has 0 unspecified atom stereocenters. The first-order chi connectivity index (χ1) is 14.5. The summed E-state index contributed by atoms with van der Waals surface area (Å²) >= 11 is 3.47. The maximum absolute atomic E-state index is 13.1. The van der Waals surface area contributed by atoms with E-state index in [1.165, 1.54) is 5.56 Å². The highest BCUT2D eigenvalue weighted by atomic mass is 79.9. The van der Waals surface area contributed by atoms with Crippen molar-refractivity contribution in [2.75, 3.05) is 6.61 Å². The number of aryl methyl sites for hydroxylation is 1. The third-order valence-corrected chi connectivity index (χ3v) is 5.23. The third-order valence-electron chi connectivity index (χ3n) is 4.73. The van der Waals surface area contributed by atoms with E-state index < -0.39 is 6.04 Å². The van der Waals surface area contributed by atoms with Gasteiger partial charge in [0.15, 0.2) is 0 Å². The van der Waals surface area contributed by atoms with Gasteiger partial charge in [-0.15, -0.1) is 0 Å². The lowest BCUT2D eigenvalue weighted by Crippen LogP contribution is -2.52. The molecule has 2 amide bonds. The molecule has 0 radical (unpaired) electrons. The third kappa shape index (κ3) is 8.74. The molecule has 0 aliphatic carbocycles. The fraction of sp³-hybridized carbons (Fsp3) is 0.440. The van der Waals surface area contributed by atoms with Crippen LogP contribution in [0.15, 0.2) is 53.0 Å². The van der Waals surface area contributed by atoms with Crippen LogP contribution in [0.25, 0.3) is 0 Å². The largest absolute Gasteiger partial charge is 0.494 e. The van der Waals surface area contributed by atoms with E-state index in [0.717, 1.165) is 15.8 Å². The fourth-order valence-corrected chi connectivity index (χ4v) is 3.53. The Morgan fingerprint density at radius 2 is 1.81 bits per heavy atom. The summed E-state index contributed by atoms with van der Waals surface area (Å²) in [7, 11) is 0. The predicted octanol–water partition coefficient (Wildman–Crippen LogP) is 5.25. The molecule has 0 saturated heterocycles. The van der Waals surface area contributed by atoms with E-state index in [-0.39, 0.29) is 17.4 Å². The topological polar surface area (TPSA) is 58.6 Å². The summed E-state index contributed by atoms with van der Waals surface area (Å²) in [6, 6.07) is 15.1. The zero-order chi connectivity index (χ0) is 23.0. The van der Waals surface area contributed by atoms with Crippen LogP contribution in [0.1, 0.15) is 51.7 Å². The lowest BCUT2D eigenvalue weighted by molar-refractivity contribution is -0.141. The Morgan fingerprint density at radius 3 is 2.42 bits per heavy atom. The quantitative estimate of drug-likeness (QED) is 0.490. The first-order valence-corrected chi connectivity index (χ1v) is 11.4. The highest BCUT2D eigenvalue weighted by molar-refractivity contribution is 9.10. The molecule has 0 bridgehead atoms. The number of halogens is 1. The lowest BCUT2D eigenvalue weighted by atomic mass is 10.1. The number of ether oxygens (including phenoxy) is 1. The summed E-state index contributed by atoms with van der Waals surface area (Å²) in [4.78, 5) is 27.5. The highest BCUT2D eigenvalue weighted by Gasteiger charge is 2.28. The van der Waals surface area contributed by atoms with Crippen molar-refractivity contribution in [1.29, 1.82) is 0 Å². The molecular weight excluding hydrogens is 456 g/mol. The summed E-state index contributed by atoms with van der Waals surface area (Å²) in [5.74, 6) is 0.567. The molecule has 2 aromatic carbocycles. The molecule has 0 aliphatic rings. The van der Waals surface area contributed by atoms with Crippen molar-refractivity contribution in [2.24, 2.45) is 0 Å². The smallest absolute Gasteiger partial charge is 0.242 e. The van der Waals surface area contributed by atoms with Crippen LogP contribution in [0.2, 0.25) is 0 Å². The summed E-state index contributed by atoms with van der Waals surface area (Å²) in [6.07, 6.45) is 0.891. The van der Waals surface area contributed by atoms with Crippen LogP contribution in [-0.2, 0) is 16.1 Å². The van der Waals surface area contributed by atoms with Gasteiger partial charge in [-0.05, 0) is 70.9 Å². The summed E-state index contributed by atoms with van der Waals surface area (Å²) in [6.45, 7) is 10.4. The molecule has 0 aromatic heterocycles. The second-order valence-electron chi connectivity index (χ2n) is 8.83. The van der Waals surface area contributed by atoms with Crippen LogP contribution in [0, 0.1) is 6.92 Å². The van der Waals surface area contributed by atoms with Crippen molar-refractivity contribution < 1.29 is 14.3 Å². The molecule has 2 rings (SSSR count). The maximum Gasteiger partial charge on any atom is 0.242 e. The van der Waals surface area contributed by atoms with Gasteiger partial charge in [0, 0.05) is 23.0 Å². The van der Waals surface area contributed by atoms with Crippen molar-refractivity contribution in [3.8, 4) is 5.75 Å². The van der Waals surface area contributed by atoms with Crippen molar-refractivity contribution in [3.63, 3.8) is 0 Å². The summed E-state index contributed by atoms with van der Waals surface area (Å²) < 4.78 is 6.68. The van der Waals surface area contributed by atoms with Gasteiger partial charge in [0.05, 0.1) is 6.61 Å². The first-order valence-electron chi connectivity index (χ1n) is 10.6. The highest BCUT2D eigenvalue weighted by Crippen LogP contribution is 2.17. The summed E-state index contributed by atoms with van der Waals surface area (Å²) in [5.41, 5.74) is 1.78. The number of hydrogen-bond acceptors (Lipinski definition) is 3. The van der Waals surface area contributed by atoms with Crippen molar-refractivity contribution in [2.45, 2.75) is 65.6 Å². The minimum atomic E-state index is -0.580. The molecule has 31 heavy (non-hydrogen) atoms. The van der Waals surface area contributed by atoms with Gasteiger partial charge in [0.1, 0.15) is 11.8 Å². The SMILES string of the molecule is Cc1ccc(OCCCC(=O)N(Cc2cccc(Br)c2)[C@H](C)C(=O)NC(C)(C)C)cc1. The normalized spacial score (nSPS) is 12.2. The van der Waals surface area contributed by atoms with Gasteiger partial charge < -0.3 is 15.0 Å². The molecule has 168 valence electrons. The Bertz CT molecular complexity index is 875. The van der Waals surface area contributed by atoms with Crippen LogP contribution >= 0.6 is 15.9 Å². The van der Waals surface area contributed by atoms with Crippen molar-refractivity contribution >= 4 is 27.7 Å². The van der Waals surface area contributed by atoms with Crippen molar-refractivity contribution in [3.05, 3.63) is 64.1 Å². The Hall–Kier alpha value is -2.34. The lowest BCUT2D eigenvalue weighted by Gasteiger charge is -2.31. The molecule has 0 saturated carbocycles. The molecule has 0 spiro atoms. The zero-order valence-electron chi connectivity index (χ0n) is 19.1. The monoisotopic (exact) mass is 488 g/mol. The number of hydrogen-bond donors (Lipinski definition) is 1.